The molecule has 2 heterocycles. The molecule has 1 amide bonds. The summed E-state index contributed by atoms with van der Waals surface area (Å²) in [5.74, 6) is -1.67. The Hall–Kier alpha value is -1.57. The Morgan fingerprint density at radius 3 is 2.87 bits per heavy atom. The summed E-state index contributed by atoms with van der Waals surface area (Å²) < 4.78 is 19.0. The number of carbonyl (C=O) groups is 1. The molecule has 3 rings (SSSR count). The van der Waals surface area contributed by atoms with Gasteiger partial charge in [0, 0.05) is 26.7 Å². The van der Waals surface area contributed by atoms with Gasteiger partial charge in [0.2, 0.25) is 11.9 Å². The number of nitrogens with two attached hydrogens (primary N) is 1. The summed E-state index contributed by atoms with van der Waals surface area (Å²) >= 11 is 0. The van der Waals surface area contributed by atoms with Crippen LogP contribution in [0.2, 0.25) is 0 Å². The minimum Gasteiger partial charge on any atom is -0.382 e. The number of methoxy groups -OCH3 is 1. The van der Waals surface area contributed by atoms with Crippen LogP contribution >= 0.6 is 0 Å². The fourth-order valence-electron chi connectivity index (χ4n) is 3.72. The molecule has 1 aromatic heterocycles. The lowest BCUT2D eigenvalue weighted by atomic mass is 9.75. The number of ether oxygens (including phenoxy) is 1. The number of β-amino-alcohol motifs (C(OH)–C–C–N with tert-alkyl or cyclic N) is 1. The molecule has 0 bridgehead atoms. The molecule has 7 heteroatoms. The van der Waals surface area contributed by atoms with Gasteiger partial charge in [-0.15, -0.1) is 0 Å². The maximum Gasteiger partial charge on any atom is 0.225 e. The van der Waals surface area contributed by atoms with Crippen molar-refractivity contribution in [1.29, 1.82) is 0 Å². The third kappa shape index (κ3) is 2.84. The third-order valence-electron chi connectivity index (χ3n) is 4.99. The van der Waals surface area contributed by atoms with Gasteiger partial charge in [0.25, 0.3) is 0 Å². The fraction of sp³-hybridized carbons (Fsp3) is 0.625. The van der Waals surface area contributed by atoms with E-state index >= 15 is 0 Å². The second-order valence-electron chi connectivity index (χ2n) is 6.90. The number of aromatic nitrogens is 1. The predicted octanol–water partition coefficient (Wildman–Crippen LogP) is 0.492. The standard InChI is InChI=1S/C16H22FN3O3/c1-15(23-2)7-20(8-15)9-16(22)6-5-11(14(18)21)10-3-4-12(17)19-13(10)16/h3-4,11,22H,5-9H2,1-2H3,(H2,18,21). The van der Waals surface area contributed by atoms with Crippen LogP contribution < -0.4 is 5.73 Å². The van der Waals surface area contributed by atoms with Crippen molar-refractivity contribution in [3.63, 3.8) is 0 Å². The molecular formula is C16H22FN3O3. The molecule has 1 fully saturated rings. The van der Waals surface area contributed by atoms with Crippen molar-refractivity contribution < 1.29 is 19.0 Å². The van der Waals surface area contributed by atoms with Crippen molar-refractivity contribution >= 4 is 5.91 Å². The van der Waals surface area contributed by atoms with Crippen LogP contribution in [0.15, 0.2) is 12.1 Å². The van der Waals surface area contributed by atoms with Crippen LogP contribution in [0, 0.1) is 5.95 Å². The molecule has 1 aliphatic carbocycles. The quantitative estimate of drug-likeness (QED) is 0.787. The Labute approximate surface area is 134 Å². The first-order valence-electron chi connectivity index (χ1n) is 7.72. The maximum absolute atomic E-state index is 13.6. The second-order valence-corrected chi connectivity index (χ2v) is 6.90. The van der Waals surface area contributed by atoms with E-state index in [0.29, 0.717) is 38.0 Å². The van der Waals surface area contributed by atoms with Gasteiger partial charge in [-0.25, -0.2) is 4.98 Å². The number of carbonyl (C=O) groups excluding carboxylic acids is 1. The van der Waals surface area contributed by atoms with Crippen molar-refractivity contribution in [2.24, 2.45) is 5.73 Å². The van der Waals surface area contributed by atoms with Gasteiger partial charge in [-0.1, -0.05) is 6.07 Å². The first-order chi connectivity index (χ1) is 10.8. The monoisotopic (exact) mass is 323 g/mol. The number of amides is 1. The lowest BCUT2D eigenvalue weighted by molar-refractivity contribution is -0.140. The van der Waals surface area contributed by atoms with Gasteiger partial charge >= 0.3 is 0 Å². The number of halogens is 1. The first kappa shape index (κ1) is 16.3. The van der Waals surface area contributed by atoms with E-state index < -0.39 is 23.4 Å². The molecule has 0 radical (unpaired) electrons. The summed E-state index contributed by atoms with van der Waals surface area (Å²) in [6.07, 6.45) is 0.756. The largest absolute Gasteiger partial charge is 0.382 e. The van der Waals surface area contributed by atoms with Crippen LogP contribution in [0.3, 0.4) is 0 Å². The van der Waals surface area contributed by atoms with Crippen molar-refractivity contribution in [1.82, 2.24) is 9.88 Å². The van der Waals surface area contributed by atoms with E-state index in [1.807, 2.05) is 11.8 Å². The third-order valence-corrected chi connectivity index (χ3v) is 4.99. The average molecular weight is 323 g/mol. The first-order valence-corrected chi connectivity index (χ1v) is 7.72. The van der Waals surface area contributed by atoms with E-state index in [1.165, 1.54) is 12.1 Å². The zero-order chi connectivity index (χ0) is 16.8. The molecule has 2 atom stereocenters. The number of aliphatic hydroxyl groups is 1. The second kappa shape index (κ2) is 5.51. The summed E-state index contributed by atoms with van der Waals surface area (Å²) in [7, 11) is 1.66. The van der Waals surface area contributed by atoms with Crippen molar-refractivity contribution in [3.05, 3.63) is 29.3 Å². The van der Waals surface area contributed by atoms with E-state index in [4.69, 9.17) is 10.5 Å². The highest BCUT2D eigenvalue weighted by Gasteiger charge is 2.47. The van der Waals surface area contributed by atoms with Crippen LogP contribution in [0.1, 0.15) is 36.9 Å². The molecule has 126 valence electrons. The minimum absolute atomic E-state index is 0.209. The molecule has 0 saturated carbocycles. The van der Waals surface area contributed by atoms with Crippen LogP contribution in [0.5, 0.6) is 0 Å². The highest BCUT2D eigenvalue weighted by Crippen LogP contribution is 2.42. The van der Waals surface area contributed by atoms with Gasteiger partial charge in [0.05, 0.1) is 17.2 Å². The van der Waals surface area contributed by atoms with Crippen LogP contribution in [-0.4, -0.2) is 53.2 Å². The Morgan fingerprint density at radius 1 is 1.57 bits per heavy atom. The maximum atomic E-state index is 13.6. The van der Waals surface area contributed by atoms with E-state index in [0.717, 1.165) is 0 Å². The zero-order valence-electron chi connectivity index (χ0n) is 13.4. The Bertz CT molecular complexity index is 633. The summed E-state index contributed by atoms with van der Waals surface area (Å²) in [5.41, 5.74) is 4.71. The molecule has 0 spiro atoms. The van der Waals surface area contributed by atoms with Gasteiger partial charge < -0.3 is 15.6 Å². The van der Waals surface area contributed by atoms with Crippen molar-refractivity contribution in [2.45, 2.75) is 36.9 Å². The zero-order valence-corrected chi connectivity index (χ0v) is 13.4. The molecule has 2 aliphatic rings. The molecule has 1 aromatic rings. The van der Waals surface area contributed by atoms with E-state index in [1.54, 1.807) is 7.11 Å². The lowest BCUT2D eigenvalue weighted by Gasteiger charge is -2.50. The van der Waals surface area contributed by atoms with Crippen molar-refractivity contribution in [2.75, 3.05) is 26.7 Å². The summed E-state index contributed by atoms with van der Waals surface area (Å²) in [5, 5.41) is 11.1. The van der Waals surface area contributed by atoms with Crippen LogP contribution in [-0.2, 0) is 15.1 Å². The summed E-state index contributed by atoms with van der Waals surface area (Å²) in [4.78, 5) is 17.5. The van der Waals surface area contributed by atoms with Crippen LogP contribution in [0.4, 0.5) is 4.39 Å². The van der Waals surface area contributed by atoms with E-state index in [-0.39, 0.29) is 11.3 Å². The number of fused-ring (bicyclic) bond motifs is 1. The molecule has 23 heavy (non-hydrogen) atoms. The topological polar surface area (TPSA) is 88.7 Å². The molecule has 1 saturated heterocycles. The number of pyridine rings is 1. The highest BCUT2D eigenvalue weighted by atomic mass is 19.1. The minimum atomic E-state index is -1.28. The average Bonchev–Trinajstić information content (AvgIpc) is 2.46. The number of likely N-dealkylation sites (tertiary alicyclic amines) is 1. The molecular weight excluding hydrogens is 301 g/mol. The highest BCUT2D eigenvalue weighted by molar-refractivity contribution is 5.82. The van der Waals surface area contributed by atoms with E-state index in [2.05, 4.69) is 4.98 Å². The molecule has 1 aliphatic heterocycles. The predicted molar refractivity (Wildman–Crippen MR) is 81.1 cm³/mol. The fourth-order valence-corrected chi connectivity index (χ4v) is 3.72. The number of rotatable bonds is 4. The van der Waals surface area contributed by atoms with Gasteiger partial charge in [0.15, 0.2) is 0 Å². The number of nitrogens with zero attached hydrogens (tertiary/aromatic N) is 2. The van der Waals surface area contributed by atoms with Gasteiger partial charge in [-0.3, -0.25) is 9.69 Å². The number of hydrogen-bond acceptors (Lipinski definition) is 5. The Morgan fingerprint density at radius 2 is 2.26 bits per heavy atom. The van der Waals surface area contributed by atoms with Crippen LogP contribution in [0.25, 0.3) is 0 Å². The number of hydrogen-bond donors (Lipinski definition) is 2. The smallest absolute Gasteiger partial charge is 0.225 e. The number of primary amides is 1. The molecule has 0 aromatic carbocycles. The normalized spacial score (nSPS) is 29.7. The summed E-state index contributed by atoms with van der Waals surface area (Å²) in [6.45, 7) is 3.72. The molecule has 2 unspecified atom stereocenters. The lowest BCUT2D eigenvalue weighted by Crippen LogP contribution is -2.63. The Kier molecular flexibility index (Phi) is 3.90. The van der Waals surface area contributed by atoms with Gasteiger partial charge in [-0.2, -0.15) is 4.39 Å². The van der Waals surface area contributed by atoms with Gasteiger partial charge in [0.1, 0.15) is 5.60 Å². The molecule has 3 N–H and O–H groups in total. The van der Waals surface area contributed by atoms with Crippen molar-refractivity contribution in [3.8, 4) is 0 Å². The SMILES string of the molecule is COC1(C)CN(CC2(O)CCC(C(N)=O)c3ccc(F)nc32)C1. The summed E-state index contributed by atoms with van der Waals surface area (Å²) in [6, 6.07) is 2.71. The van der Waals surface area contributed by atoms with E-state index in [9.17, 15) is 14.3 Å². The van der Waals surface area contributed by atoms with Gasteiger partial charge in [-0.05, 0) is 31.4 Å². The molecule has 6 nitrogen and oxygen atoms in total. The Balaban J connectivity index is 1.87.